The summed E-state index contributed by atoms with van der Waals surface area (Å²) in [5.41, 5.74) is 15.2. The molecule has 2 heteroatoms. The van der Waals surface area contributed by atoms with Gasteiger partial charge in [0.25, 0.3) is 0 Å². The highest BCUT2D eigenvalue weighted by atomic mass is 16.3. The van der Waals surface area contributed by atoms with Gasteiger partial charge in [0.2, 0.25) is 0 Å². The van der Waals surface area contributed by atoms with Crippen molar-refractivity contribution in [2.24, 2.45) is 0 Å². The highest BCUT2D eigenvalue weighted by molar-refractivity contribution is 6.12. The predicted molar refractivity (Wildman–Crippen MR) is 232 cm³/mol. The molecule has 11 rings (SSSR count). The molecule has 0 amide bonds. The van der Waals surface area contributed by atoms with Gasteiger partial charge in [-0.15, -0.1) is 0 Å². The molecule has 2 nitrogen and oxygen atoms in total. The van der Waals surface area contributed by atoms with Gasteiger partial charge in [-0.3, -0.25) is 0 Å². The molecular formula is C53H37NO. The summed E-state index contributed by atoms with van der Waals surface area (Å²) in [6.45, 7) is 4.68. The van der Waals surface area contributed by atoms with E-state index in [-0.39, 0.29) is 5.41 Å². The SMILES string of the molecule is CC1(C)c2ccccc2-c2cc(N(c3ccc(-c4ccc5c(c4)oc4ccccc45)cc3)c3ccc(-c4cccc5c4ccc4ccccc45)cc3)ccc21. The minimum atomic E-state index is -0.0523. The summed E-state index contributed by atoms with van der Waals surface area (Å²) >= 11 is 0. The molecule has 10 aromatic rings. The first-order chi connectivity index (χ1) is 27.0. The Hall–Kier alpha value is -6.90. The Morgan fingerprint density at radius 2 is 0.964 bits per heavy atom. The van der Waals surface area contributed by atoms with Crippen LogP contribution in [0.3, 0.4) is 0 Å². The van der Waals surface area contributed by atoms with Crippen LogP contribution in [0.5, 0.6) is 0 Å². The molecule has 0 fully saturated rings. The van der Waals surface area contributed by atoms with Crippen LogP contribution in [0.25, 0.3) is 76.9 Å². The normalized spacial score (nSPS) is 13.1. The van der Waals surface area contributed by atoms with Gasteiger partial charge in [0, 0.05) is 33.2 Å². The second kappa shape index (κ2) is 12.1. The van der Waals surface area contributed by atoms with Crippen molar-refractivity contribution in [3.63, 3.8) is 0 Å². The van der Waals surface area contributed by atoms with E-state index in [0.29, 0.717) is 0 Å². The third kappa shape index (κ3) is 4.95. The van der Waals surface area contributed by atoms with Crippen molar-refractivity contribution in [1.82, 2.24) is 0 Å². The van der Waals surface area contributed by atoms with E-state index in [2.05, 4.69) is 195 Å². The number of hydrogen-bond acceptors (Lipinski definition) is 2. The summed E-state index contributed by atoms with van der Waals surface area (Å²) in [7, 11) is 0. The molecule has 0 N–H and O–H groups in total. The fraction of sp³-hybridized carbons (Fsp3) is 0.0566. The number of para-hydroxylation sites is 1. The van der Waals surface area contributed by atoms with E-state index in [1.165, 1.54) is 54.9 Å². The van der Waals surface area contributed by atoms with Gasteiger partial charge in [0.05, 0.1) is 0 Å². The smallest absolute Gasteiger partial charge is 0.136 e. The van der Waals surface area contributed by atoms with Crippen LogP contribution in [0.2, 0.25) is 0 Å². The van der Waals surface area contributed by atoms with Crippen LogP contribution in [0, 0.1) is 0 Å². The third-order valence-corrected chi connectivity index (χ3v) is 11.9. The van der Waals surface area contributed by atoms with Crippen molar-refractivity contribution >= 4 is 60.5 Å². The van der Waals surface area contributed by atoms with E-state index in [4.69, 9.17) is 4.42 Å². The molecule has 260 valence electrons. The van der Waals surface area contributed by atoms with E-state index in [0.717, 1.165) is 50.1 Å². The zero-order chi connectivity index (χ0) is 36.7. The maximum absolute atomic E-state index is 6.24. The first-order valence-corrected chi connectivity index (χ1v) is 19.1. The second-order valence-electron chi connectivity index (χ2n) is 15.3. The van der Waals surface area contributed by atoms with E-state index >= 15 is 0 Å². The number of nitrogens with zero attached hydrogens (tertiary/aromatic N) is 1. The summed E-state index contributed by atoms with van der Waals surface area (Å²) in [6, 6.07) is 68.5. The van der Waals surface area contributed by atoms with Gasteiger partial charge in [-0.05, 0) is 121 Å². The highest BCUT2D eigenvalue weighted by Crippen LogP contribution is 2.51. The van der Waals surface area contributed by atoms with Gasteiger partial charge < -0.3 is 9.32 Å². The number of anilines is 3. The first kappa shape index (κ1) is 31.6. The Bertz CT molecular complexity index is 3110. The van der Waals surface area contributed by atoms with Crippen molar-refractivity contribution in [3.05, 3.63) is 199 Å². The summed E-state index contributed by atoms with van der Waals surface area (Å²) < 4.78 is 6.24. The molecule has 0 unspecified atom stereocenters. The lowest BCUT2D eigenvalue weighted by atomic mass is 9.82. The molecule has 0 aliphatic heterocycles. The van der Waals surface area contributed by atoms with Crippen LogP contribution in [0.1, 0.15) is 25.0 Å². The van der Waals surface area contributed by atoms with E-state index in [1.54, 1.807) is 0 Å². The maximum Gasteiger partial charge on any atom is 0.136 e. The summed E-state index contributed by atoms with van der Waals surface area (Å²) in [5, 5.41) is 7.38. The van der Waals surface area contributed by atoms with Crippen LogP contribution in [0.15, 0.2) is 192 Å². The Morgan fingerprint density at radius 3 is 1.80 bits per heavy atom. The average molecular weight is 704 g/mol. The molecular weight excluding hydrogens is 667 g/mol. The first-order valence-electron chi connectivity index (χ1n) is 19.1. The fourth-order valence-electron chi connectivity index (χ4n) is 9.09. The topological polar surface area (TPSA) is 16.4 Å². The maximum atomic E-state index is 6.24. The summed E-state index contributed by atoms with van der Waals surface area (Å²) in [6.07, 6.45) is 0. The highest BCUT2D eigenvalue weighted by Gasteiger charge is 2.35. The quantitative estimate of drug-likeness (QED) is 0.166. The average Bonchev–Trinajstić information content (AvgIpc) is 3.72. The Labute approximate surface area is 320 Å². The molecule has 1 aromatic heterocycles. The Balaban J connectivity index is 1.02. The van der Waals surface area contributed by atoms with Crippen molar-refractivity contribution in [3.8, 4) is 33.4 Å². The van der Waals surface area contributed by atoms with Crippen LogP contribution < -0.4 is 4.90 Å². The number of fused-ring (bicyclic) bond motifs is 9. The lowest BCUT2D eigenvalue weighted by molar-refractivity contribution is 0.660. The van der Waals surface area contributed by atoms with Gasteiger partial charge in [0.15, 0.2) is 0 Å². The monoisotopic (exact) mass is 703 g/mol. The molecule has 55 heavy (non-hydrogen) atoms. The fourth-order valence-corrected chi connectivity index (χ4v) is 9.09. The van der Waals surface area contributed by atoms with Gasteiger partial charge in [-0.1, -0.05) is 147 Å². The zero-order valence-corrected chi connectivity index (χ0v) is 30.8. The van der Waals surface area contributed by atoms with Gasteiger partial charge in [0.1, 0.15) is 11.2 Å². The summed E-state index contributed by atoms with van der Waals surface area (Å²) in [5.74, 6) is 0. The van der Waals surface area contributed by atoms with Gasteiger partial charge in [-0.25, -0.2) is 0 Å². The predicted octanol–water partition coefficient (Wildman–Crippen LogP) is 15.0. The van der Waals surface area contributed by atoms with E-state index in [1.807, 2.05) is 12.1 Å². The molecule has 9 aromatic carbocycles. The van der Waals surface area contributed by atoms with Crippen molar-refractivity contribution < 1.29 is 4.42 Å². The minimum absolute atomic E-state index is 0.0523. The second-order valence-corrected chi connectivity index (χ2v) is 15.3. The van der Waals surface area contributed by atoms with Crippen molar-refractivity contribution in [1.29, 1.82) is 0 Å². The molecule has 0 saturated heterocycles. The lowest BCUT2D eigenvalue weighted by Crippen LogP contribution is -2.15. The molecule has 0 atom stereocenters. The van der Waals surface area contributed by atoms with Gasteiger partial charge in [-0.2, -0.15) is 0 Å². The standard InChI is InChI=1S/C53H37NO/c1-53(2)49-16-7-5-12-45(49)48-33-40(28-31-50(48)53)54(38-24-18-34(19-25-38)37-23-30-47-46-13-6-8-17-51(46)55-52(47)32-37)39-26-20-36(21-27-39)42-14-9-15-43-41-11-4-3-10-35(41)22-29-44(42)43/h3-33H,1-2H3. The van der Waals surface area contributed by atoms with E-state index < -0.39 is 0 Å². The molecule has 1 aliphatic carbocycles. The summed E-state index contributed by atoms with van der Waals surface area (Å²) in [4.78, 5) is 2.39. The Kier molecular flexibility index (Phi) is 6.93. The zero-order valence-electron chi connectivity index (χ0n) is 30.8. The molecule has 1 heterocycles. The number of hydrogen-bond donors (Lipinski definition) is 0. The molecule has 0 saturated carbocycles. The van der Waals surface area contributed by atoms with Crippen LogP contribution >= 0.6 is 0 Å². The number of benzene rings is 9. The Morgan fingerprint density at radius 1 is 0.364 bits per heavy atom. The largest absolute Gasteiger partial charge is 0.456 e. The van der Waals surface area contributed by atoms with E-state index in [9.17, 15) is 0 Å². The van der Waals surface area contributed by atoms with Crippen LogP contribution in [-0.2, 0) is 5.41 Å². The third-order valence-electron chi connectivity index (χ3n) is 11.9. The molecule has 0 radical (unpaired) electrons. The van der Waals surface area contributed by atoms with Gasteiger partial charge >= 0.3 is 0 Å². The number of rotatable bonds is 5. The minimum Gasteiger partial charge on any atom is -0.456 e. The molecule has 1 aliphatic rings. The lowest BCUT2D eigenvalue weighted by Gasteiger charge is -2.27. The van der Waals surface area contributed by atoms with Crippen molar-refractivity contribution in [2.45, 2.75) is 19.3 Å². The van der Waals surface area contributed by atoms with Crippen molar-refractivity contribution in [2.75, 3.05) is 4.90 Å². The number of furan rings is 1. The van der Waals surface area contributed by atoms with Crippen LogP contribution in [0.4, 0.5) is 17.1 Å². The molecule has 0 spiro atoms. The van der Waals surface area contributed by atoms with Crippen LogP contribution in [-0.4, -0.2) is 0 Å². The molecule has 0 bridgehead atoms.